The number of hydrogen-bond donors (Lipinski definition) is 0. The molecule has 0 aromatic carbocycles. The van der Waals surface area contributed by atoms with Crippen molar-refractivity contribution in [1.29, 1.82) is 0 Å². The van der Waals surface area contributed by atoms with Crippen LogP contribution in [0.4, 0.5) is 0 Å². The number of rotatable bonds is 2. The molecule has 0 N–H and O–H groups in total. The molecule has 0 unspecified atom stereocenters. The zero-order chi connectivity index (χ0) is 9.47. The number of aromatic nitrogens is 1. The zero-order valence-corrected chi connectivity index (χ0v) is 8.14. The van der Waals surface area contributed by atoms with Gasteiger partial charge in [-0.05, 0) is 31.9 Å². The zero-order valence-electron chi connectivity index (χ0n) is 7.38. The van der Waals surface area contributed by atoms with E-state index in [0.717, 1.165) is 18.5 Å². The first kappa shape index (κ1) is 8.70. The van der Waals surface area contributed by atoms with E-state index in [-0.39, 0.29) is 11.2 Å². The van der Waals surface area contributed by atoms with Gasteiger partial charge in [-0.3, -0.25) is 9.78 Å². The van der Waals surface area contributed by atoms with E-state index in [0.29, 0.717) is 5.02 Å². The fraction of sp³-hybridized carbons (Fsp3) is 0.400. The molecule has 0 atom stereocenters. The second kappa shape index (κ2) is 2.81. The highest BCUT2D eigenvalue weighted by atomic mass is 35.5. The van der Waals surface area contributed by atoms with Gasteiger partial charge in [0.15, 0.2) is 0 Å². The Bertz CT molecular complexity index is 340. The van der Waals surface area contributed by atoms with Crippen molar-refractivity contribution in [1.82, 2.24) is 4.98 Å². The molecule has 0 radical (unpaired) electrons. The summed E-state index contributed by atoms with van der Waals surface area (Å²) in [5.41, 5.74) is 0.592. The van der Waals surface area contributed by atoms with Crippen LogP contribution in [0.2, 0.25) is 5.02 Å². The van der Waals surface area contributed by atoms with Crippen LogP contribution >= 0.6 is 11.6 Å². The van der Waals surface area contributed by atoms with Gasteiger partial charge < -0.3 is 0 Å². The third kappa shape index (κ3) is 1.35. The first-order valence-electron chi connectivity index (χ1n) is 4.28. The SMILES string of the molecule is CC(=O)C1(c2ccc(Cl)cn2)CC1. The molecule has 1 aliphatic rings. The van der Waals surface area contributed by atoms with Crippen molar-refractivity contribution in [2.24, 2.45) is 0 Å². The minimum atomic E-state index is -0.273. The number of carbonyl (C=O) groups is 1. The second-order valence-corrected chi connectivity index (χ2v) is 3.94. The van der Waals surface area contributed by atoms with E-state index in [1.165, 1.54) is 0 Å². The van der Waals surface area contributed by atoms with Crippen molar-refractivity contribution in [2.75, 3.05) is 0 Å². The Labute approximate surface area is 81.9 Å². The first-order chi connectivity index (χ1) is 6.15. The summed E-state index contributed by atoms with van der Waals surface area (Å²) in [4.78, 5) is 15.5. The summed E-state index contributed by atoms with van der Waals surface area (Å²) >= 11 is 5.71. The fourth-order valence-corrected chi connectivity index (χ4v) is 1.68. The van der Waals surface area contributed by atoms with Gasteiger partial charge in [0.2, 0.25) is 0 Å². The van der Waals surface area contributed by atoms with Gasteiger partial charge in [0.25, 0.3) is 0 Å². The molecular weight excluding hydrogens is 186 g/mol. The second-order valence-electron chi connectivity index (χ2n) is 3.50. The maximum absolute atomic E-state index is 11.3. The van der Waals surface area contributed by atoms with E-state index < -0.39 is 0 Å². The lowest BCUT2D eigenvalue weighted by Gasteiger charge is -2.09. The Hall–Kier alpha value is -0.890. The molecule has 0 aliphatic heterocycles. The summed E-state index contributed by atoms with van der Waals surface area (Å²) < 4.78 is 0. The van der Waals surface area contributed by atoms with Crippen LogP contribution in [-0.4, -0.2) is 10.8 Å². The van der Waals surface area contributed by atoms with Crippen LogP contribution in [0.5, 0.6) is 0 Å². The predicted molar refractivity (Wildman–Crippen MR) is 50.8 cm³/mol. The molecule has 13 heavy (non-hydrogen) atoms. The standard InChI is InChI=1S/C10H10ClNO/c1-7(13)10(4-5-10)9-3-2-8(11)6-12-9/h2-3,6H,4-5H2,1H3. The number of pyridine rings is 1. The van der Waals surface area contributed by atoms with Crippen LogP contribution in [0.25, 0.3) is 0 Å². The molecule has 1 saturated carbocycles. The molecule has 0 spiro atoms. The average molecular weight is 196 g/mol. The molecule has 68 valence electrons. The Morgan fingerprint density at radius 1 is 1.54 bits per heavy atom. The lowest BCUT2D eigenvalue weighted by Crippen LogP contribution is -2.18. The molecular formula is C10H10ClNO. The van der Waals surface area contributed by atoms with Gasteiger partial charge in [-0.2, -0.15) is 0 Å². The summed E-state index contributed by atoms with van der Waals surface area (Å²) in [5, 5.41) is 0.614. The Morgan fingerprint density at radius 3 is 2.62 bits per heavy atom. The largest absolute Gasteiger partial charge is 0.299 e. The van der Waals surface area contributed by atoms with Crippen LogP contribution in [0.15, 0.2) is 18.3 Å². The average Bonchev–Trinajstić information content (AvgIpc) is 2.86. The van der Waals surface area contributed by atoms with Crippen molar-refractivity contribution in [2.45, 2.75) is 25.2 Å². The molecule has 1 aromatic heterocycles. The number of nitrogens with zero attached hydrogens (tertiary/aromatic N) is 1. The van der Waals surface area contributed by atoms with Gasteiger partial charge in [-0.25, -0.2) is 0 Å². The quantitative estimate of drug-likeness (QED) is 0.725. The van der Waals surface area contributed by atoms with E-state index in [9.17, 15) is 4.79 Å². The van der Waals surface area contributed by atoms with Crippen molar-refractivity contribution in [3.05, 3.63) is 29.0 Å². The summed E-state index contributed by atoms with van der Waals surface area (Å²) in [7, 11) is 0. The van der Waals surface area contributed by atoms with Gasteiger partial charge in [-0.1, -0.05) is 11.6 Å². The number of carbonyl (C=O) groups excluding carboxylic acids is 1. The molecule has 0 bridgehead atoms. The molecule has 1 aliphatic carbocycles. The van der Waals surface area contributed by atoms with Crippen molar-refractivity contribution >= 4 is 17.4 Å². The summed E-state index contributed by atoms with van der Waals surface area (Å²) in [6, 6.07) is 3.63. The minimum Gasteiger partial charge on any atom is -0.299 e. The minimum absolute atomic E-state index is 0.210. The number of Topliss-reactive ketones (excluding diaryl/α,β-unsaturated/α-hetero) is 1. The highest BCUT2D eigenvalue weighted by Crippen LogP contribution is 2.48. The third-order valence-corrected chi connectivity index (χ3v) is 2.87. The van der Waals surface area contributed by atoms with Gasteiger partial charge in [0.05, 0.1) is 16.1 Å². The van der Waals surface area contributed by atoms with Gasteiger partial charge in [-0.15, -0.1) is 0 Å². The van der Waals surface area contributed by atoms with Gasteiger partial charge >= 0.3 is 0 Å². The van der Waals surface area contributed by atoms with Crippen molar-refractivity contribution in [3.63, 3.8) is 0 Å². The van der Waals surface area contributed by atoms with E-state index >= 15 is 0 Å². The van der Waals surface area contributed by atoms with Gasteiger partial charge in [0.1, 0.15) is 5.78 Å². The van der Waals surface area contributed by atoms with Crippen molar-refractivity contribution < 1.29 is 4.79 Å². The molecule has 1 aromatic rings. The fourth-order valence-electron chi connectivity index (χ4n) is 1.57. The van der Waals surface area contributed by atoms with Crippen LogP contribution in [0.1, 0.15) is 25.5 Å². The Kier molecular flexibility index (Phi) is 1.88. The van der Waals surface area contributed by atoms with Gasteiger partial charge in [0, 0.05) is 6.20 Å². The number of hydrogen-bond acceptors (Lipinski definition) is 2. The predicted octanol–water partition coefficient (Wildman–Crippen LogP) is 2.36. The summed E-state index contributed by atoms with van der Waals surface area (Å²) in [6.07, 6.45) is 3.45. The van der Waals surface area contributed by atoms with Crippen LogP contribution in [-0.2, 0) is 10.2 Å². The molecule has 1 heterocycles. The topological polar surface area (TPSA) is 30.0 Å². The molecule has 1 fully saturated rings. The van der Waals surface area contributed by atoms with E-state index in [4.69, 9.17) is 11.6 Å². The lowest BCUT2D eigenvalue weighted by atomic mass is 9.97. The summed E-state index contributed by atoms with van der Waals surface area (Å²) in [6.45, 7) is 1.63. The third-order valence-electron chi connectivity index (χ3n) is 2.64. The highest BCUT2D eigenvalue weighted by Gasteiger charge is 2.49. The first-order valence-corrected chi connectivity index (χ1v) is 4.66. The highest BCUT2D eigenvalue weighted by molar-refractivity contribution is 6.30. The summed E-state index contributed by atoms with van der Waals surface area (Å²) in [5.74, 6) is 0.210. The van der Waals surface area contributed by atoms with Crippen LogP contribution < -0.4 is 0 Å². The van der Waals surface area contributed by atoms with E-state index in [1.54, 1.807) is 19.2 Å². The van der Waals surface area contributed by atoms with Crippen molar-refractivity contribution in [3.8, 4) is 0 Å². The Morgan fingerprint density at radius 2 is 2.23 bits per heavy atom. The molecule has 3 heteroatoms. The molecule has 0 saturated heterocycles. The van der Waals surface area contributed by atoms with Crippen LogP contribution in [0, 0.1) is 0 Å². The van der Waals surface area contributed by atoms with Crippen LogP contribution in [0.3, 0.4) is 0 Å². The molecule has 2 rings (SSSR count). The molecule has 0 amide bonds. The maximum Gasteiger partial charge on any atom is 0.141 e. The lowest BCUT2D eigenvalue weighted by molar-refractivity contribution is -0.119. The number of halogens is 1. The number of ketones is 1. The monoisotopic (exact) mass is 195 g/mol. The Balaban J connectivity index is 2.36. The molecule has 2 nitrogen and oxygen atoms in total. The normalized spacial score (nSPS) is 18.3. The maximum atomic E-state index is 11.3. The van der Waals surface area contributed by atoms with E-state index in [1.807, 2.05) is 6.07 Å². The smallest absolute Gasteiger partial charge is 0.141 e. The van der Waals surface area contributed by atoms with E-state index in [2.05, 4.69) is 4.98 Å².